The lowest BCUT2D eigenvalue weighted by Gasteiger charge is -2.32. The number of hydrogen-bond acceptors (Lipinski definition) is 2. The van der Waals surface area contributed by atoms with Gasteiger partial charge in [-0.25, -0.2) is 0 Å². The fourth-order valence-corrected chi connectivity index (χ4v) is 4.17. The van der Waals surface area contributed by atoms with Crippen LogP contribution in [0.1, 0.15) is 136 Å². The second-order valence-corrected chi connectivity index (χ2v) is 8.65. The lowest BCUT2D eigenvalue weighted by Crippen LogP contribution is -2.37. The molecule has 1 unspecified atom stereocenters. The van der Waals surface area contributed by atoms with Gasteiger partial charge in [0.05, 0.1) is 0 Å². The van der Waals surface area contributed by atoms with E-state index >= 15 is 0 Å². The van der Waals surface area contributed by atoms with Gasteiger partial charge in [-0.3, -0.25) is 4.79 Å². The maximum absolute atomic E-state index is 10.8. The third kappa shape index (κ3) is 17.5. The maximum atomic E-state index is 10.8. The monoisotopic (exact) mass is 397 g/mol. The summed E-state index contributed by atoms with van der Waals surface area (Å²) in [6.07, 6.45) is 22.2. The second kappa shape index (κ2) is 21.1. The van der Waals surface area contributed by atoms with Crippen molar-refractivity contribution in [1.29, 1.82) is 0 Å². The largest absolute Gasteiger partial charge is 0.481 e. The quantitative estimate of drug-likeness (QED) is 0.189. The highest BCUT2D eigenvalue weighted by Crippen LogP contribution is 2.18. The third-order valence-electron chi connectivity index (χ3n) is 5.91. The zero-order valence-electron chi connectivity index (χ0n) is 19.5. The first-order valence-corrected chi connectivity index (χ1v) is 12.6. The molecule has 0 saturated carbocycles. The van der Waals surface area contributed by atoms with Gasteiger partial charge in [-0.2, -0.15) is 0 Å². The van der Waals surface area contributed by atoms with Crippen molar-refractivity contribution in [2.45, 2.75) is 142 Å². The van der Waals surface area contributed by atoms with Gasteiger partial charge in [0.2, 0.25) is 0 Å². The lowest BCUT2D eigenvalue weighted by atomic mass is 10.0. The Kier molecular flexibility index (Phi) is 20.7. The maximum Gasteiger partial charge on any atom is 0.303 e. The predicted molar refractivity (Wildman–Crippen MR) is 123 cm³/mol. The molecule has 0 aromatic heterocycles. The van der Waals surface area contributed by atoms with Crippen LogP contribution in [0.15, 0.2) is 0 Å². The molecule has 0 aliphatic carbocycles. The smallest absolute Gasteiger partial charge is 0.303 e. The van der Waals surface area contributed by atoms with E-state index in [0.29, 0.717) is 12.5 Å². The van der Waals surface area contributed by atoms with Crippen LogP contribution in [0.3, 0.4) is 0 Å². The minimum Gasteiger partial charge on any atom is -0.481 e. The van der Waals surface area contributed by atoms with Crippen LogP contribution in [0.4, 0.5) is 0 Å². The van der Waals surface area contributed by atoms with E-state index < -0.39 is 5.97 Å². The number of carboxylic acid groups (broad SMARTS) is 1. The number of unbranched alkanes of at least 4 members (excludes halogenated alkanes) is 11. The average molecular weight is 398 g/mol. The van der Waals surface area contributed by atoms with Crippen LogP contribution >= 0.6 is 0 Å². The molecule has 0 spiro atoms. The number of carboxylic acids is 1. The Morgan fingerprint density at radius 3 is 1.61 bits per heavy atom. The van der Waals surface area contributed by atoms with E-state index in [-0.39, 0.29) is 0 Å². The molecule has 0 saturated heterocycles. The van der Waals surface area contributed by atoms with E-state index in [1.165, 1.54) is 109 Å². The number of rotatable bonds is 22. The van der Waals surface area contributed by atoms with Crippen molar-refractivity contribution < 1.29 is 9.90 Å². The summed E-state index contributed by atoms with van der Waals surface area (Å²) in [7, 11) is 0. The van der Waals surface area contributed by atoms with Crippen LogP contribution < -0.4 is 0 Å². The van der Waals surface area contributed by atoms with Gasteiger partial charge >= 0.3 is 5.97 Å². The van der Waals surface area contributed by atoms with Crippen LogP contribution in [0.5, 0.6) is 0 Å². The summed E-state index contributed by atoms with van der Waals surface area (Å²) < 4.78 is 0. The first kappa shape index (κ1) is 27.4. The zero-order chi connectivity index (χ0) is 20.9. The van der Waals surface area contributed by atoms with Crippen molar-refractivity contribution in [2.75, 3.05) is 13.1 Å². The van der Waals surface area contributed by atoms with Crippen molar-refractivity contribution >= 4 is 5.97 Å². The molecular weight excluding hydrogens is 346 g/mol. The summed E-state index contributed by atoms with van der Waals surface area (Å²) in [6, 6.07) is 0.657. The van der Waals surface area contributed by atoms with E-state index in [2.05, 4.69) is 25.7 Å². The molecule has 0 bridgehead atoms. The van der Waals surface area contributed by atoms with E-state index in [1.54, 1.807) is 0 Å². The molecular formula is C25H51NO2. The standard InChI is InChI=1S/C25H51NO2/c1-4-7-9-11-13-17-22-26(23-18-14-12-10-8-5-2)24(19-6-3)20-15-16-21-25(27)28/h24H,4-23H2,1-3H3,(H,27,28). The molecule has 3 nitrogen and oxygen atoms in total. The third-order valence-corrected chi connectivity index (χ3v) is 5.91. The van der Waals surface area contributed by atoms with Crippen molar-refractivity contribution in [3.63, 3.8) is 0 Å². The molecule has 0 heterocycles. The molecule has 0 aromatic rings. The minimum atomic E-state index is -0.650. The Bertz CT molecular complexity index is 317. The minimum absolute atomic E-state index is 0.327. The summed E-state index contributed by atoms with van der Waals surface area (Å²) in [5.41, 5.74) is 0. The van der Waals surface area contributed by atoms with Gasteiger partial charge in [-0.05, 0) is 45.2 Å². The van der Waals surface area contributed by atoms with Crippen LogP contribution in [-0.2, 0) is 4.79 Å². The summed E-state index contributed by atoms with van der Waals surface area (Å²) in [5, 5.41) is 8.89. The second-order valence-electron chi connectivity index (χ2n) is 8.65. The van der Waals surface area contributed by atoms with Gasteiger partial charge in [-0.1, -0.05) is 97.8 Å². The zero-order valence-corrected chi connectivity index (χ0v) is 19.5. The Balaban J connectivity index is 4.39. The Hall–Kier alpha value is -0.570. The Labute approximate surface area is 176 Å². The summed E-state index contributed by atoms with van der Waals surface area (Å²) in [6.45, 7) is 9.33. The number of nitrogens with zero attached hydrogens (tertiary/aromatic N) is 1. The normalized spacial score (nSPS) is 12.6. The summed E-state index contributed by atoms with van der Waals surface area (Å²) >= 11 is 0. The van der Waals surface area contributed by atoms with E-state index in [4.69, 9.17) is 5.11 Å². The van der Waals surface area contributed by atoms with Crippen LogP contribution in [0.25, 0.3) is 0 Å². The highest BCUT2D eigenvalue weighted by Gasteiger charge is 2.17. The van der Waals surface area contributed by atoms with Gasteiger partial charge in [0, 0.05) is 12.5 Å². The van der Waals surface area contributed by atoms with Crippen molar-refractivity contribution in [3.8, 4) is 0 Å². The molecule has 28 heavy (non-hydrogen) atoms. The highest BCUT2D eigenvalue weighted by atomic mass is 16.4. The number of hydrogen-bond donors (Lipinski definition) is 1. The van der Waals surface area contributed by atoms with Gasteiger partial charge < -0.3 is 10.0 Å². The van der Waals surface area contributed by atoms with E-state index in [1.807, 2.05) is 0 Å². The lowest BCUT2D eigenvalue weighted by molar-refractivity contribution is -0.137. The molecule has 0 rings (SSSR count). The molecule has 0 amide bonds. The molecule has 0 fully saturated rings. The molecule has 168 valence electrons. The van der Waals surface area contributed by atoms with Crippen molar-refractivity contribution in [3.05, 3.63) is 0 Å². The van der Waals surface area contributed by atoms with Crippen LogP contribution in [0.2, 0.25) is 0 Å². The topological polar surface area (TPSA) is 40.5 Å². The summed E-state index contributed by atoms with van der Waals surface area (Å²) in [4.78, 5) is 13.6. The van der Waals surface area contributed by atoms with Crippen LogP contribution in [0, 0.1) is 0 Å². The first-order chi connectivity index (χ1) is 13.7. The van der Waals surface area contributed by atoms with E-state index in [0.717, 1.165) is 12.8 Å². The van der Waals surface area contributed by atoms with Gasteiger partial charge in [0.25, 0.3) is 0 Å². The molecule has 1 atom stereocenters. The molecule has 0 aromatic carbocycles. The molecule has 0 aliphatic rings. The summed E-state index contributed by atoms with van der Waals surface area (Å²) in [5.74, 6) is -0.650. The molecule has 1 N–H and O–H groups in total. The SMILES string of the molecule is CCCCCCCCN(CCCCCCCC)C(CCC)CCCCC(=O)O. The van der Waals surface area contributed by atoms with Crippen molar-refractivity contribution in [1.82, 2.24) is 4.90 Å². The van der Waals surface area contributed by atoms with Crippen molar-refractivity contribution in [2.24, 2.45) is 0 Å². The average Bonchev–Trinajstić information content (AvgIpc) is 2.68. The predicted octanol–water partition coefficient (Wildman–Crippen LogP) is 7.82. The van der Waals surface area contributed by atoms with Crippen LogP contribution in [-0.4, -0.2) is 35.1 Å². The fraction of sp³-hybridized carbons (Fsp3) is 0.960. The number of carbonyl (C=O) groups is 1. The fourth-order valence-electron chi connectivity index (χ4n) is 4.17. The van der Waals surface area contributed by atoms with Gasteiger partial charge in [0.15, 0.2) is 0 Å². The molecule has 3 heteroatoms. The van der Waals surface area contributed by atoms with Gasteiger partial charge in [-0.15, -0.1) is 0 Å². The highest BCUT2D eigenvalue weighted by molar-refractivity contribution is 5.66. The van der Waals surface area contributed by atoms with Gasteiger partial charge in [0.1, 0.15) is 0 Å². The molecule has 0 aliphatic heterocycles. The Morgan fingerprint density at radius 1 is 0.643 bits per heavy atom. The van der Waals surface area contributed by atoms with E-state index in [9.17, 15) is 4.79 Å². The Morgan fingerprint density at radius 2 is 1.14 bits per heavy atom. The number of aliphatic carboxylic acids is 1. The molecule has 0 radical (unpaired) electrons. The first-order valence-electron chi connectivity index (χ1n) is 12.6.